The molecule has 2 saturated carbocycles. The van der Waals surface area contributed by atoms with Gasteiger partial charge in [-0.2, -0.15) is 4.68 Å². The smallest absolute Gasteiger partial charge is 0.252 e. The molecule has 10 heteroatoms. The van der Waals surface area contributed by atoms with Crippen molar-refractivity contribution in [3.63, 3.8) is 0 Å². The van der Waals surface area contributed by atoms with Gasteiger partial charge in [0.1, 0.15) is 23.3 Å². The Hall–Kier alpha value is -2.13. The van der Waals surface area contributed by atoms with Crippen molar-refractivity contribution in [2.45, 2.75) is 56.3 Å². The van der Waals surface area contributed by atoms with Crippen LogP contribution in [0, 0.1) is 5.92 Å². The zero-order valence-corrected chi connectivity index (χ0v) is 15.8. The second-order valence-corrected chi connectivity index (χ2v) is 8.21. The summed E-state index contributed by atoms with van der Waals surface area (Å²) in [6, 6.07) is 0.363. The molecule has 2 aromatic rings. The van der Waals surface area contributed by atoms with E-state index in [4.69, 9.17) is 16.3 Å². The number of methoxy groups -OCH3 is 1. The minimum atomic E-state index is -0.272. The van der Waals surface area contributed by atoms with Crippen LogP contribution in [0.25, 0.3) is 0 Å². The van der Waals surface area contributed by atoms with Gasteiger partial charge in [-0.15, -0.1) is 10.2 Å². The van der Waals surface area contributed by atoms with Crippen LogP contribution in [0.4, 0.5) is 5.82 Å². The molecule has 2 fully saturated rings. The maximum atomic E-state index is 6.47. The SMILES string of the molecule is COC1(c2cn(C3=NNC4C5CCCCC5n5c(cnc5Cl)N34)nn2)CC1. The normalized spacial score (nSPS) is 30.2. The summed E-state index contributed by atoms with van der Waals surface area (Å²) < 4.78 is 9.53. The molecule has 3 unspecified atom stereocenters. The number of imidazole rings is 1. The van der Waals surface area contributed by atoms with Gasteiger partial charge >= 0.3 is 0 Å². The van der Waals surface area contributed by atoms with Crippen molar-refractivity contribution in [1.29, 1.82) is 0 Å². The van der Waals surface area contributed by atoms with Crippen molar-refractivity contribution >= 4 is 23.4 Å². The molecule has 0 radical (unpaired) electrons. The fourth-order valence-electron chi connectivity index (χ4n) is 4.95. The number of anilines is 1. The molecule has 1 N–H and O–H groups in total. The fourth-order valence-corrected chi connectivity index (χ4v) is 5.21. The van der Waals surface area contributed by atoms with Crippen molar-refractivity contribution < 1.29 is 4.74 Å². The Kier molecular flexibility index (Phi) is 3.20. The maximum Gasteiger partial charge on any atom is 0.252 e. The largest absolute Gasteiger partial charge is 0.372 e. The van der Waals surface area contributed by atoms with Gasteiger partial charge in [0.2, 0.25) is 5.28 Å². The van der Waals surface area contributed by atoms with E-state index in [1.165, 1.54) is 12.8 Å². The molecule has 4 heterocycles. The van der Waals surface area contributed by atoms with Gasteiger partial charge in [-0.25, -0.2) is 4.98 Å². The highest BCUT2D eigenvalue weighted by molar-refractivity contribution is 6.28. The molecule has 2 aliphatic heterocycles. The van der Waals surface area contributed by atoms with Crippen molar-refractivity contribution in [3.05, 3.63) is 23.4 Å². The average Bonchev–Trinajstić information content (AvgIpc) is 3.03. The Balaban J connectivity index is 1.41. The lowest BCUT2D eigenvalue weighted by Gasteiger charge is -2.45. The van der Waals surface area contributed by atoms with E-state index in [1.807, 2.05) is 12.4 Å². The second-order valence-electron chi connectivity index (χ2n) is 7.87. The van der Waals surface area contributed by atoms with Crippen molar-refractivity contribution in [2.75, 3.05) is 12.0 Å². The van der Waals surface area contributed by atoms with Gasteiger partial charge in [-0.05, 0) is 37.3 Å². The third-order valence-electron chi connectivity index (χ3n) is 6.55. The Labute approximate surface area is 161 Å². The van der Waals surface area contributed by atoms with Crippen molar-refractivity contribution in [1.82, 2.24) is 30.0 Å². The number of halogens is 1. The summed E-state index contributed by atoms with van der Waals surface area (Å²) in [6.07, 6.45) is 10.5. The summed E-state index contributed by atoms with van der Waals surface area (Å²) in [4.78, 5) is 6.55. The third kappa shape index (κ3) is 2.09. The molecule has 3 atom stereocenters. The lowest BCUT2D eigenvalue weighted by molar-refractivity contribution is 0.0751. The fraction of sp³-hybridized carbons (Fsp3) is 0.647. The summed E-state index contributed by atoms with van der Waals surface area (Å²) in [5.41, 5.74) is 3.93. The summed E-state index contributed by atoms with van der Waals surface area (Å²) >= 11 is 6.47. The van der Waals surface area contributed by atoms with Crippen molar-refractivity contribution in [2.24, 2.45) is 11.0 Å². The summed E-state index contributed by atoms with van der Waals surface area (Å²) in [5, 5.41) is 13.9. The molecule has 0 bridgehead atoms. The van der Waals surface area contributed by atoms with E-state index in [2.05, 4.69) is 35.3 Å². The summed E-state index contributed by atoms with van der Waals surface area (Å²) in [6.45, 7) is 0. The number of fused-ring (bicyclic) bond motifs is 6. The van der Waals surface area contributed by atoms with Crippen LogP contribution in [0.15, 0.2) is 17.5 Å². The van der Waals surface area contributed by atoms with Gasteiger partial charge in [0.05, 0.1) is 12.4 Å². The molecule has 2 aromatic heterocycles. The van der Waals surface area contributed by atoms with Crippen LogP contribution in [0.5, 0.6) is 0 Å². The van der Waals surface area contributed by atoms with Crippen LogP contribution in [0.2, 0.25) is 5.28 Å². The third-order valence-corrected chi connectivity index (χ3v) is 6.83. The van der Waals surface area contributed by atoms with Gasteiger partial charge in [0.15, 0.2) is 0 Å². The topological polar surface area (TPSA) is 85.4 Å². The zero-order chi connectivity index (χ0) is 18.2. The zero-order valence-electron chi connectivity index (χ0n) is 15.0. The molecular formula is C17H21ClN8O. The van der Waals surface area contributed by atoms with Crippen LogP contribution >= 0.6 is 11.6 Å². The Morgan fingerprint density at radius 2 is 2.15 bits per heavy atom. The molecular weight excluding hydrogens is 368 g/mol. The number of hydrogen-bond donors (Lipinski definition) is 1. The molecule has 0 amide bonds. The van der Waals surface area contributed by atoms with E-state index >= 15 is 0 Å². The highest BCUT2D eigenvalue weighted by atomic mass is 35.5. The van der Waals surface area contributed by atoms with Crippen molar-refractivity contribution in [3.8, 4) is 0 Å². The number of hydrogen-bond acceptors (Lipinski definition) is 7. The molecule has 0 saturated heterocycles. The summed E-state index contributed by atoms with van der Waals surface area (Å²) in [5.74, 6) is 2.09. The van der Waals surface area contributed by atoms with E-state index < -0.39 is 0 Å². The maximum absolute atomic E-state index is 6.47. The number of aromatic nitrogens is 5. The van der Waals surface area contributed by atoms with Crippen LogP contribution in [-0.4, -0.2) is 43.8 Å². The number of rotatable bonds is 2. The van der Waals surface area contributed by atoms with E-state index in [0.717, 1.165) is 37.2 Å². The second kappa shape index (κ2) is 5.45. The Bertz CT molecular complexity index is 931. The van der Waals surface area contributed by atoms with Crippen LogP contribution in [0.3, 0.4) is 0 Å². The highest BCUT2D eigenvalue weighted by Crippen LogP contribution is 2.48. The first-order chi connectivity index (χ1) is 13.2. The number of hydrazone groups is 1. The number of ether oxygens (including phenoxy) is 1. The summed E-state index contributed by atoms with van der Waals surface area (Å²) in [7, 11) is 1.73. The lowest BCUT2D eigenvalue weighted by atomic mass is 9.80. The standard InChI is InChI=1S/C17H21ClN8O/c1-27-17(6-7-17)12-9-24(23-20-12)16-22-21-14-10-4-2-3-5-11(10)25-13(26(14)16)8-19-15(25)18/h8-11,14,21H,2-7H2,1H3. The number of nitrogens with one attached hydrogen (secondary N) is 1. The van der Waals surface area contributed by atoms with E-state index in [-0.39, 0.29) is 11.8 Å². The quantitative estimate of drug-likeness (QED) is 0.847. The van der Waals surface area contributed by atoms with Gasteiger partial charge in [-0.1, -0.05) is 18.1 Å². The molecule has 27 heavy (non-hydrogen) atoms. The van der Waals surface area contributed by atoms with Gasteiger partial charge in [-0.3, -0.25) is 14.9 Å². The molecule has 6 rings (SSSR count). The van der Waals surface area contributed by atoms with Gasteiger partial charge < -0.3 is 4.74 Å². The van der Waals surface area contributed by atoms with Crippen LogP contribution in [0.1, 0.15) is 50.3 Å². The minimum absolute atomic E-state index is 0.0931. The van der Waals surface area contributed by atoms with E-state index in [0.29, 0.717) is 23.2 Å². The molecule has 142 valence electrons. The van der Waals surface area contributed by atoms with Crippen LogP contribution in [-0.2, 0) is 10.3 Å². The molecule has 2 aliphatic carbocycles. The van der Waals surface area contributed by atoms with Gasteiger partial charge in [0, 0.05) is 19.1 Å². The van der Waals surface area contributed by atoms with Gasteiger partial charge in [0.25, 0.3) is 5.96 Å². The number of nitrogens with zero attached hydrogens (tertiary/aromatic N) is 7. The first-order valence-corrected chi connectivity index (χ1v) is 9.93. The highest BCUT2D eigenvalue weighted by Gasteiger charge is 2.50. The van der Waals surface area contributed by atoms with E-state index in [1.54, 1.807) is 11.8 Å². The monoisotopic (exact) mass is 388 g/mol. The molecule has 4 aliphatic rings. The minimum Gasteiger partial charge on any atom is -0.372 e. The predicted molar refractivity (Wildman–Crippen MR) is 98.4 cm³/mol. The first kappa shape index (κ1) is 15.9. The lowest BCUT2D eigenvalue weighted by Crippen LogP contribution is -2.54. The molecule has 0 spiro atoms. The molecule has 0 aromatic carbocycles. The Morgan fingerprint density at radius 3 is 2.96 bits per heavy atom. The van der Waals surface area contributed by atoms with Crippen LogP contribution < -0.4 is 10.3 Å². The molecule has 9 nitrogen and oxygen atoms in total. The average molecular weight is 389 g/mol. The van der Waals surface area contributed by atoms with E-state index in [9.17, 15) is 0 Å². The Morgan fingerprint density at radius 1 is 1.30 bits per heavy atom. The predicted octanol–water partition coefficient (Wildman–Crippen LogP) is 2.06. The first-order valence-electron chi connectivity index (χ1n) is 9.55.